The van der Waals surface area contributed by atoms with Gasteiger partial charge in [-0.3, -0.25) is 4.98 Å². The van der Waals surface area contributed by atoms with Gasteiger partial charge in [0.15, 0.2) is 0 Å². The van der Waals surface area contributed by atoms with Crippen LogP contribution in [0, 0.1) is 12.1 Å². The number of aromatic nitrogens is 2. The van der Waals surface area contributed by atoms with Gasteiger partial charge in [-0.25, -0.2) is 16.1 Å². The normalized spacial score (nSPS) is 11.3. The molecule has 3 heterocycles. The van der Waals surface area contributed by atoms with Crippen LogP contribution in [0.4, 0.5) is 11.4 Å². The van der Waals surface area contributed by atoms with Crippen molar-refractivity contribution in [2.24, 2.45) is 0 Å². The zero-order chi connectivity index (χ0) is 26.2. The SMILES string of the molecule is CN(C)c1ccnc(Oc2[c-]c(-c3[c-]c4c(cc3)-c3ccccc3B4c3cc(N(C)C)ccn3)ccc2)c1.[Pt+2]. The van der Waals surface area contributed by atoms with Gasteiger partial charge in [-0.15, -0.1) is 23.8 Å². The third-order valence-electron chi connectivity index (χ3n) is 6.91. The molecule has 0 fully saturated rings. The minimum Gasteiger partial charge on any atom is -0.460 e. The number of ether oxygens (including phenoxy) is 1. The molecule has 194 valence electrons. The van der Waals surface area contributed by atoms with E-state index in [9.17, 15) is 0 Å². The summed E-state index contributed by atoms with van der Waals surface area (Å²) in [6, 6.07) is 34.0. The molecule has 5 aromatic rings. The number of anilines is 2. The smallest absolute Gasteiger partial charge is 0.460 e. The van der Waals surface area contributed by atoms with Crippen LogP contribution in [0.3, 0.4) is 0 Å². The van der Waals surface area contributed by atoms with Crippen LogP contribution in [0.5, 0.6) is 11.6 Å². The molecule has 0 amide bonds. The Labute approximate surface area is 244 Å². The van der Waals surface area contributed by atoms with Crippen molar-refractivity contribution in [3.63, 3.8) is 0 Å². The van der Waals surface area contributed by atoms with Crippen molar-refractivity contribution in [3.05, 3.63) is 103 Å². The summed E-state index contributed by atoms with van der Waals surface area (Å²) in [5.41, 5.74) is 9.87. The van der Waals surface area contributed by atoms with E-state index < -0.39 is 0 Å². The Balaban J connectivity index is 0.00000308. The molecular formula is C32H27BN4OPt. The Kier molecular flexibility index (Phi) is 7.59. The van der Waals surface area contributed by atoms with E-state index in [0.717, 1.165) is 33.6 Å². The summed E-state index contributed by atoms with van der Waals surface area (Å²) in [6.45, 7) is 0.0125. The third kappa shape index (κ3) is 5.22. The zero-order valence-corrected chi connectivity index (χ0v) is 24.5. The van der Waals surface area contributed by atoms with Gasteiger partial charge in [0.25, 0.3) is 0 Å². The van der Waals surface area contributed by atoms with E-state index in [0.29, 0.717) is 11.6 Å². The summed E-state index contributed by atoms with van der Waals surface area (Å²) in [6.07, 6.45) is 3.64. The summed E-state index contributed by atoms with van der Waals surface area (Å²) in [5.74, 6) is 1.14. The van der Waals surface area contributed by atoms with Gasteiger partial charge in [-0.2, -0.15) is 29.7 Å². The van der Waals surface area contributed by atoms with Crippen molar-refractivity contribution in [2.75, 3.05) is 38.0 Å². The van der Waals surface area contributed by atoms with Gasteiger partial charge in [0, 0.05) is 69.4 Å². The van der Waals surface area contributed by atoms with Gasteiger partial charge in [-0.1, -0.05) is 35.3 Å². The molecule has 5 nitrogen and oxygen atoms in total. The molecule has 3 aromatic carbocycles. The molecule has 1 aliphatic rings. The van der Waals surface area contributed by atoms with E-state index >= 15 is 0 Å². The fourth-order valence-electron chi connectivity index (χ4n) is 4.97. The van der Waals surface area contributed by atoms with E-state index in [4.69, 9.17) is 9.72 Å². The van der Waals surface area contributed by atoms with Gasteiger partial charge in [0.05, 0.1) is 0 Å². The van der Waals surface area contributed by atoms with E-state index in [-0.39, 0.29) is 27.8 Å². The number of hydrogen-bond acceptors (Lipinski definition) is 5. The average molecular weight is 689 g/mol. The van der Waals surface area contributed by atoms with Gasteiger partial charge in [0.2, 0.25) is 12.6 Å². The standard InChI is InChI=1S/C32H27BN4O.Pt/c1-36(2)24-14-16-34-31(20-24)33-29-11-6-5-10-27(29)28-13-12-23(19-30(28)33)22-8-7-9-26(18-22)38-32-21-25(37(3)4)15-17-35-32;/h5-17,20-21H,1-4H3;/q-2;+2. The minimum absolute atomic E-state index is 0. The summed E-state index contributed by atoms with van der Waals surface area (Å²) in [4.78, 5) is 13.3. The van der Waals surface area contributed by atoms with Gasteiger partial charge < -0.3 is 14.5 Å². The Hall–Kier alpha value is -3.89. The monoisotopic (exact) mass is 689 g/mol. The first-order valence-corrected chi connectivity index (χ1v) is 12.6. The largest absolute Gasteiger partial charge is 2.00 e. The molecule has 39 heavy (non-hydrogen) atoms. The molecule has 0 bridgehead atoms. The summed E-state index contributed by atoms with van der Waals surface area (Å²) < 4.78 is 6.08. The Morgan fingerprint density at radius 2 is 1.41 bits per heavy atom. The van der Waals surface area contributed by atoms with Crippen molar-refractivity contribution in [1.29, 1.82) is 0 Å². The summed E-state index contributed by atoms with van der Waals surface area (Å²) in [7, 11) is 8.09. The predicted molar refractivity (Wildman–Crippen MR) is 157 cm³/mol. The van der Waals surface area contributed by atoms with Crippen molar-refractivity contribution < 1.29 is 25.8 Å². The zero-order valence-electron chi connectivity index (χ0n) is 22.3. The topological polar surface area (TPSA) is 41.5 Å². The first kappa shape index (κ1) is 26.7. The van der Waals surface area contributed by atoms with E-state index in [1.807, 2.05) is 61.6 Å². The van der Waals surface area contributed by atoms with Crippen LogP contribution < -0.4 is 31.1 Å². The Morgan fingerprint density at radius 3 is 2.21 bits per heavy atom. The van der Waals surface area contributed by atoms with Crippen molar-refractivity contribution in [1.82, 2.24) is 9.97 Å². The molecule has 0 spiro atoms. The van der Waals surface area contributed by atoms with Crippen LogP contribution in [0.25, 0.3) is 22.3 Å². The van der Waals surface area contributed by atoms with E-state index in [2.05, 4.69) is 78.6 Å². The number of rotatable bonds is 6. The summed E-state index contributed by atoms with van der Waals surface area (Å²) >= 11 is 0. The number of pyridine rings is 2. The van der Waals surface area contributed by atoms with Crippen molar-refractivity contribution in [2.45, 2.75) is 0 Å². The van der Waals surface area contributed by atoms with Crippen LogP contribution in [0.1, 0.15) is 0 Å². The minimum atomic E-state index is 0. The third-order valence-corrected chi connectivity index (χ3v) is 6.91. The van der Waals surface area contributed by atoms with E-state index in [1.54, 1.807) is 6.20 Å². The fourth-order valence-corrected chi connectivity index (χ4v) is 4.97. The number of hydrogen-bond donors (Lipinski definition) is 0. The molecule has 7 heteroatoms. The maximum absolute atomic E-state index is 6.08. The molecule has 6 rings (SSSR count). The van der Waals surface area contributed by atoms with Crippen molar-refractivity contribution >= 4 is 34.6 Å². The fraction of sp³-hybridized carbons (Fsp3) is 0.125. The second-order valence-corrected chi connectivity index (χ2v) is 9.83. The quantitative estimate of drug-likeness (QED) is 0.194. The second kappa shape index (κ2) is 11.1. The van der Waals surface area contributed by atoms with Crippen LogP contribution in [-0.4, -0.2) is 44.9 Å². The molecular weight excluding hydrogens is 662 g/mol. The van der Waals surface area contributed by atoms with Crippen LogP contribution in [0.15, 0.2) is 91.3 Å². The maximum Gasteiger partial charge on any atom is 2.00 e. The molecule has 0 unspecified atom stereocenters. The maximum atomic E-state index is 6.08. The predicted octanol–water partition coefficient (Wildman–Crippen LogP) is 4.16. The first-order valence-electron chi connectivity index (χ1n) is 12.6. The number of fused-ring (bicyclic) bond motifs is 3. The first-order chi connectivity index (χ1) is 18.5. The molecule has 0 aliphatic carbocycles. The molecule has 0 radical (unpaired) electrons. The summed E-state index contributed by atoms with van der Waals surface area (Å²) in [5, 5.41) is 0. The van der Waals surface area contributed by atoms with Gasteiger partial charge in [-0.05, 0) is 18.2 Å². The molecule has 0 atom stereocenters. The molecule has 0 saturated heterocycles. The van der Waals surface area contributed by atoms with Crippen LogP contribution >= 0.6 is 0 Å². The van der Waals surface area contributed by atoms with Crippen LogP contribution in [-0.2, 0) is 21.1 Å². The van der Waals surface area contributed by atoms with E-state index in [1.165, 1.54) is 16.6 Å². The molecule has 0 N–H and O–H groups in total. The Morgan fingerprint density at radius 1 is 0.692 bits per heavy atom. The van der Waals surface area contributed by atoms with Crippen molar-refractivity contribution in [3.8, 4) is 33.9 Å². The van der Waals surface area contributed by atoms with Gasteiger partial charge in [0.1, 0.15) is 0 Å². The van der Waals surface area contributed by atoms with Gasteiger partial charge >= 0.3 is 21.1 Å². The molecule has 1 aliphatic heterocycles. The molecule has 0 saturated carbocycles. The number of nitrogens with zero attached hydrogens (tertiary/aromatic N) is 4. The second-order valence-electron chi connectivity index (χ2n) is 9.83. The average Bonchev–Trinajstić information content (AvgIpc) is 3.27. The molecule has 2 aromatic heterocycles. The number of benzene rings is 3. The Bertz CT molecular complexity index is 1640. The van der Waals surface area contributed by atoms with Crippen LogP contribution in [0.2, 0.25) is 0 Å².